The van der Waals surface area contributed by atoms with E-state index in [0.717, 1.165) is 5.56 Å². The minimum Gasteiger partial charge on any atom is -0.346 e. The van der Waals surface area contributed by atoms with Gasteiger partial charge in [-0.1, -0.05) is 30.3 Å². The number of piperidine rings is 1. The highest BCUT2D eigenvalue weighted by molar-refractivity contribution is 5.94. The third-order valence-electron chi connectivity index (χ3n) is 3.99. The maximum atomic E-state index is 12.2. The van der Waals surface area contributed by atoms with Crippen molar-refractivity contribution in [1.29, 1.82) is 0 Å². The van der Waals surface area contributed by atoms with Gasteiger partial charge in [-0.2, -0.15) is 0 Å². The fourth-order valence-electron chi connectivity index (χ4n) is 2.58. The summed E-state index contributed by atoms with van der Waals surface area (Å²) >= 11 is 0. The Kier molecular flexibility index (Phi) is 4.36. The SMILES string of the molecule is CN1CCC(C(=O)Nc2ncn(Cc3ccccc3)n2)CC1=O. The molecule has 1 aliphatic rings. The molecule has 0 saturated carbocycles. The Morgan fingerprint density at radius 3 is 2.87 bits per heavy atom. The van der Waals surface area contributed by atoms with E-state index in [-0.39, 0.29) is 30.1 Å². The Hall–Kier alpha value is -2.70. The third kappa shape index (κ3) is 3.74. The molecule has 1 aliphatic heterocycles. The van der Waals surface area contributed by atoms with Crippen molar-refractivity contribution in [3.8, 4) is 0 Å². The number of anilines is 1. The van der Waals surface area contributed by atoms with Crippen LogP contribution in [0.2, 0.25) is 0 Å². The van der Waals surface area contributed by atoms with Crippen LogP contribution in [0.1, 0.15) is 18.4 Å². The summed E-state index contributed by atoms with van der Waals surface area (Å²) in [6.45, 7) is 1.20. The smallest absolute Gasteiger partial charge is 0.248 e. The van der Waals surface area contributed by atoms with Crippen molar-refractivity contribution < 1.29 is 9.59 Å². The van der Waals surface area contributed by atoms with Gasteiger partial charge >= 0.3 is 0 Å². The molecule has 1 N–H and O–H groups in total. The molecule has 0 bridgehead atoms. The van der Waals surface area contributed by atoms with Crippen molar-refractivity contribution in [3.63, 3.8) is 0 Å². The van der Waals surface area contributed by atoms with E-state index >= 15 is 0 Å². The maximum absolute atomic E-state index is 12.2. The van der Waals surface area contributed by atoms with Crippen molar-refractivity contribution in [2.24, 2.45) is 5.92 Å². The minimum absolute atomic E-state index is 0.000957. The Balaban J connectivity index is 1.58. The first-order valence-corrected chi connectivity index (χ1v) is 7.60. The van der Waals surface area contributed by atoms with Crippen LogP contribution < -0.4 is 5.32 Å². The summed E-state index contributed by atoms with van der Waals surface area (Å²) in [4.78, 5) is 29.7. The highest BCUT2D eigenvalue weighted by atomic mass is 16.2. The normalized spacial score (nSPS) is 18.0. The molecule has 1 aromatic heterocycles. The lowest BCUT2D eigenvalue weighted by atomic mass is 9.96. The van der Waals surface area contributed by atoms with Crippen LogP contribution >= 0.6 is 0 Å². The summed E-state index contributed by atoms with van der Waals surface area (Å²) in [5, 5.41) is 6.95. The average Bonchev–Trinajstić information content (AvgIpc) is 2.98. The first-order valence-electron chi connectivity index (χ1n) is 7.60. The predicted molar refractivity (Wildman–Crippen MR) is 84.6 cm³/mol. The number of aromatic nitrogens is 3. The lowest BCUT2D eigenvalue weighted by Crippen LogP contribution is -2.40. The Morgan fingerprint density at radius 1 is 1.35 bits per heavy atom. The molecule has 23 heavy (non-hydrogen) atoms. The topological polar surface area (TPSA) is 80.1 Å². The summed E-state index contributed by atoms with van der Waals surface area (Å²) in [7, 11) is 1.75. The number of nitrogens with one attached hydrogen (secondary N) is 1. The van der Waals surface area contributed by atoms with Crippen molar-refractivity contribution in [3.05, 3.63) is 42.2 Å². The highest BCUT2D eigenvalue weighted by Gasteiger charge is 2.29. The van der Waals surface area contributed by atoms with Gasteiger partial charge in [-0.05, 0) is 12.0 Å². The molecule has 0 radical (unpaired) electrons. The van der Waals surface area contributed by atoms with E-state index in [1.807, 2.05) is 30.3 Å². The third-order valence-corrected chi connectivity index (χ3v) is 3.99. The second kappa shape index (κ2) is 6.60. The average molecular weight is 313 g/mol. The van der Waals surface area contributed by atoms with Gasteiger partial charge in [-0.3, -0.25) is 14.9 Å². The van der Waals surface area contributed by atoms with Crippen LogP contribution in [-0.2, 0) is 16.1 Å². The number of hydrogen-bond donors (Lipinski definition) is 1. The van der Waals surface area contributed by atoms with Crippen LogP contribution in [0.25, 0.3) is 0 Å². The molecular formula is C16H19N5O2. The van der Waals surface area contributed by atoms with Gasteiger partial charge in [0.25, 0.3) is 0 Å². The van der Waals surface area contributed by atoms with E-state index in [0.29, 0.717) is 19.5 Å². The van der Waals surface area contributed by atoms with Crippen LogP contribution in [0.4, 0.5) is 5.95 Å². The van der Waals surface area contributed by atoms with Crippen molar-refractivity contribution >= 4 is 17.8 Å². The first-order chi connectivity index (χ1) is 11.1. The standard InChI is InChI=1S/C16H19N5O2/c1-20-8-7-13(9-14(20)22)15(23)18-16-17-11-21(19-16)10-12-5-3-2-4-6-12/h2-6,11,13H,7-10H2,1H3,(H,18,19,23). The predicted octanol–water partition coefficient (Wildman–Crippen LogP) is 1.13. The lowest BCUT2D eigenvalue weighted by Gasteiger charge is -2.27. The molecule has 1 atom stereocenters. The highest BCUT2D eigenvalue weighted by Crippen LogP contribution is 2.18. The number of carbonyl (C=O) groups excluding carboxylic acids is 2. The van der Waals surface area contributed by atoms with Crippen molar-refractivity contribution in [2.75, 3.05) is 18.9 Å². The quantitative estimate of drug-likeness (QED) is 0.917. The Morgan fingerprint density at radius 2 is 2.13 bits per heavy atom. The van der Waals surface area contributed by atoms with Crippen LogP contribution in [0, 0.1) is 5.92 Å². The van der Waals surface area contributed by atoms with Gasteiger partial charge in [0, 0.05) is 25.9 Å². The molecule has 1 fully saturated rings. The van der Waals surface area contributed by atoms with E-state index in [1.54, 1.807) is 23.0 Å². The number of amides is 2. The minimum atomic E-state index is -0.306. The molecule has 2 amide bonds. The summed E-state index contributed by atoms with van der Waals surface area (Å²) in [6, 6.07) is 9.89. The molecule has 1 aromatic carbocycles. The van der Waals surface area contributed by atoms with E-state index < -0.39 is 0 Å². The van der Waals surface area contributed by atoms with E-state index in [1.165, 1.54) is 0 Å². The zero-order valence-corrected chi connectivity index (χ0v) is 13.0. The molecule has 1 unspecified atom stereocenters. The number of benzene rings is 1. The molecule has 2 aromatic rings. The Labute approximate surface area is 134 Å². The number of hydrogen-bond acceptors (Lipinski definition) is 4. The molecule has 7 heteroatoms. The lowest BCUT2D eigenvalue weighted by molar-refractivity contribution is -0.137. The molecule has 0 aliphatic carbocycles. The van der Waals surface area contributed by atoms with Gasteiger partial charge in [-0.15, -0.1) is 5.10 Å². The summed E-state index contributed by atoms with van der Waals surface area (Å²) in [5.41, 5.74) is 1.11. The zero-order valence-electron chi connectivity index (χ0n) is 13.0. The fourth-order valence-corrected chi connectivity index (χ4v) is 2.58. The van der Waals surface area contributed by atoms with Crippen LogP contribution in [0.3, 0.4) is 0 Å². The van der Waals surface area contributed by atoms with E-state index in [9.17, 15) is 9.59 Å². The van der Waals surface area contributed by atoms with Crippen LogP contribution in [0.5, 0.6) is 0 Å². The van der Waals surface area contributed by atoms with Gasteiger partial charge in [-0.25, -0.2) is 9.67 Å². The molecule has 0 spiro atoms. The molecule has 120 valence electrons. The Bertz CT molecular complexity index is 698. The van der Waals surface area contributed by atoms with Crippen LogP contribution in [-0.4, -0.2) is 45.1 Å². The number of nitrogens with zero attached hydrogens (tertiary/aromatic N) is 4. The van der Waals surface area contributed by atoms with Gasteiger partial charge in [0.2, 0.25) is 17.8 Å². The molecule has 1 saturated heterocycles. The van der Waals surface area contributed by atoms with Gasteiger partial charge < -0.3 is 4.90 Å². The van der Waals surface area contributed by atoms with Gasteiger partial charge in [0.1, 0.15) is 6.33 Å². The summed E-state index contributed by atoms with van der Waals surface area (Å²) in [5.74, 6) is -0.222. The number of rotatable bonds is 4. The monoisotopic (exact) mass is 313 g/mol. The van der Waals surface area contributed by atoms with Crippen LogP contribution in [0.15, 0.2) is 36.7 Å². The summed E-state index contributed by atoms with van der Waals surface area (Å²) < 4.78 is 1.67. The summed E-state index contributed by atoms with van der Waals surface area (Å²) in [6.07, 6.45) is 2.49. The molecule has 2 heterocycles. The number of likely N-dealkylation sites (tertiary alicyclic amines) is 1. The largest absolute Gasteiger partial charge is 0.346 e. The maximum Gasteiger partial charge on any atom is 0.248 e. The van der Waals surface area contributed by atoms with Gasteiger partial charge in [0.05, 0.1) is 6.54 Å². The molecule has 7 nitrogen and oxygen atoms in total. The van der Waals surface area contributed by atoms with Gasteiger partial charge in [0.15, 0.2) is 0 Å². The van der Waals surface area contributed by atoms with E-state index in [2.05, 4.69) is 15.4 Å². The fraction of sp³-hybridized carbons (Fsp3) is 0.375. The van der Waals surface area contributed by atoms with Crippen molar-refractivity contribution in [2.45, 2.75) is 19.4 Å². The molecular weight excluding hydrogens is 294 g/mol. The molecule has 3 rings (SSSR count). The second-order valence-corrected chi connectivity index (χ2v) is 5.75. The van der Waals surface area contributed by atoms with E-state index in [4.69, 9.17) is 0 Å². The van der Waals surface area contributed by atoms with Crippen molar-refractivity contribution in [1.82, 2.24) is 19.7 Å². The second-order valence-electron chi connectivity index (χ2n) is 5.75. The number of carbonyl (C=O) groups is 2. The first kappa shape index (κ1) is 15.2. The zero-order chi connectivity index (χ0) is 16.2.